The van der Waals surface area contributed by atoms with E-state index >= 15 is 0 Å². The second-order valence-corrected chi connectivity index (χ2v) is 9.14. The lowest BCUT2D eigenvalue weighted by Crippen LogP contribution is -2.12. The smallest absolute Gasteiger partial charge is 0.137 e. The number of anilines is 1. The Morgan fingerprint density at radius 1 is 1.30 bits per heavy atom. The first-order valence-electron chi connectivity index (χ1n) is 8.16. The molecule has 0 spiro atoms. The number of hydrogen-bond donors (Lipinski definition) is 2. The van der Waals surface area contributed by atoms with Crippen molar-refractivity contribution in [3.8, 4) is 5.75 Å². The highest BCUT2D eigenvalue weighted by molar-refractivity contribution is 9.10. The second kappa shape index (κ2) is 7.79. The van der Waals surface area contributed by atoms with Gasteiger partial charge in [0.1, 0.15) is 24.5 Å². The zero-order chi connectivity index (χ0) is 19.6. The molecule has 0 aliphatic rings. The van der Waals surface area contributed by atoms with Crippen LogP contribution in [0.3, 0.4) is 0 Å². The predicted molar refractivity (Wildman–Crippen MR) is 112 cm³/mol. The Morgan fingerprint density at radius 3 is 2.78 bits per heavy atom. The number of pyridine rings is 1. The number of nitrogens with zero attached hydrogens (tertiary/aromatic N) is 3. The molecular formula is C18H20BrN5O2S. The molecule has 1 aromatic carbocycles. The minimum Gasteiger partial charge on any atom is -0.488 e. The number of hydrogen-bond acceptors (Lipinski definition) is 6. The summed E-state index contributed by atoms with van der Waals surface area (Å²) in [6, 6.07) is 5.71. The van der Waals surface area contributed by atoms with Crippen molar-refractivity contribution in [2.24, 2.45) is 5.14 Å². The van der Waals surface area contributed by atoms with E-state index in [1.807, 2.05) is 26.0 Å². The van der Waals surface area contributed by atoms with Crippen molar-refractivity contribution in [1.82, 2.24) is 15.0 Å². The summed E-state index contributed by atoms with van der Waals surface area (Å²) >= 11 is 3.54. The summed E-state index contributed by atoms with van der Waals surface area (Å²) in [5.74, 6) is 4.87. The maximum atomic E-state index is 11.9. The molecule has 3 aromatic rings. The molecule has 1 unspecified atom stereocenters. The first-order valence-corrected chi connectivity index (χ1v) is 10.7. The molecule has 0 amide bonds. The topological polar surface area (TPSA) is 103 Å². The van der Waals surface area contributed by atoms with Crippen LogP contribution in [0.25, 0.3) is 10.9 Å². The van der Waals surface area contributed by atoms with Crippen LogP contribution in [0.1, 0.15) is 19.4 Å². The van der Waals surface area contributed by atoms with Gasteiger partial charge in [0.15, 0.2) is 0 Å². The summed E-state index contributed by atoms with van der Waals surface area (Å²) in [6.07, 6.45) is 4.60. The fraction of sp³-hybridized carbons (Fsp3) is 0.222. The van der Waals surface area contributed by atoms with Crippen LogP contribution in [0.2, 0.25) is 0 Å². The Kier molecular flexibility index (Phi) is 5.64. The van der Waals surface area contributed by atoms with Crippen molar-refractivity contribution in [2.45, 2.75) is 31.4 Å². The van der Waals surface area contributed by atoms with Gasteiger partial charge in [-0.2, -0.15) is 0 Å². The van der Waals surface area contributed by atoms with Gasteiger partial charge in [-0.05, 0) is 47.8 Å². The fourth-order valence-corrected chi connectivity index (χ4v) is 3.50. The first kappa shape index (κ1) is 19.5. The van der Waals surface area contributed by atoms with Crippen LogP contribution < -0.4 is 15.2 Å². The summed E-state index contributed by atoms with van der Waals surface area (Å²) in [4.78, 5) is 13.1. The second-order valence-electron chi connectivity index (χ2n) is 6.36. The number of ether oxygens (including phenoxy) is 1. The number of benzene rings is 1. The molecule has 2 heterocycles. The quantitative estimate of drug-likeness (QED) is 0.560. The predicted octanol–water partition coefficient (Wildman–Crippen LogP) is 3.14. The van der Waals surface area contributed by atoms with Crippen molar-refractivity contribution in [3.63, 3.8) is 0 Å². The number of aromatic nitrogens is 3. The van der Waals surface area contributed by atoms with E-state index in [1.165, 1.54) is 12.5 Å². The molecule has 1 atom stereocenters. The molecule has 0 radical (unpaired) electrons. The highest BCUT2D eigenvalue weighted by atomic mass is 79.9. The Hall–Kier alpha value is -2.23. The molecule has 142 valence electrons. The lowest BCUT2D eigenvalue weighted by molar-refractivity contribution is 0.304. The Morgan fingerprint density at radius 2 is 2.07 bits per heavy atom. The Bertz CT molecular complexity index is 1090. The normalized spacial score (nSPS) is 13.5. The molecule has 0 aliphatic carbocycles. The standard InChI is InChI=1S/C18H20BrN5O2S/c1-11(2)24-18-14-5-15(19)17(6-16(14)22-10-23-18)26-9-12-4-13(8-21-7-12)27(3,20)25/h4-8,10-11H,3,9H2,1-2H3,(H2,20,25)(H,22,23,24). The summed E-state index contributed by atoms with van der Waals surface area (Å²) in [6.45, 7) is 4.34. The highest BCUT2D eigenvalue weighted by Crippen LogP contribution is 2.32. The molecule has 0 fully saturated rings. The van der Waals surface area contributed by atoms with Crippen molar-refractivity contribution in [2.75, 3.05) is 5.32 Å². The molecule has 9 heteroatoms. The molecule has 0 aliphatic heterocycles. The molecule has 27 heavy (non-hydrogen) atoms. The average Bonchev–Trinajstić information content (AvgIpc) is 2.60. The van der Waals surface area contributed by atoms with E-state index in [9.17, 15) is 4.21 Å². The molecule has 2 aromatic heterocycles. The van der Waals surface area contributed by atoms with Crippen LogP contribution in [0.4, 0.5) is 5.82 Å². The Balaban J connectivity index is 1.87. The number of nitrogens with two attached hydrogens (primary N) is 1. The SMILES string of the molecule is C=S(N)(=O)c1cncc(COc2cc3ncnc(NC(C)C)c3cc2Br)c1. The van der Waals surface area contributed by atoms with E-state index in [4.69, 9.17) is 9.88 Å². The third-order valence-corrected chi connectivity index (χ3v) is 5.32. The van der Waals surface area contributed by atoms with Gasteiger partial charge in [0, 0.05) is 35.5 Å². The van der Waals surface area contributed by atoms with Crippen molar-refractivity contribution >= 4 is 48.2 Å². The Labute approximate surface area is 166 Å². The van der Waals surface area contributed by atoms with Crippen LogP contribution >= 0.6 is 15.9 Å². The number of nitrogens with one attached hydrogen (secondary N) is 1. The minimum absolute atomic E-state index is 0.239. The summed E-state index contributed by atoms with van der Waals surface area (Å²) in [5.41, 5.74) is 1.51. The van der Waals surface area contributed by atoms with Gasteiger partial charge in [-0.3, -0.25) is 10.1 Å². The third kappa shape index (κ3) is 4.74. The molecule has 3 N–H and O–H groups in total. The maximum absolute atomic E-state index is 11.9. The summed E-state index contributed by atoms with van der Waals surface area (Å²) < 4.78 is 18.6. The van der Waals surface area contributed by atoms with Gasteiger partial charge in [0.2, 0.25) is 0 Å². The van der Waals surface area contributed by atoms with E-state index < -0.39 is 9.71 Å². The van der Waals surface area contributed by atoms with Gasteiger partial charge in [-0.1, -0.05) is 0 Å². The van der Waals surface area contributed by atoms with Crippen LogP contribution in [0.5, 0.6) is 5.75 Å². The monoisotopic (exact) mass is 449 g/mol. The van der Waals surface area contributed by atoms with Gasteiger partial charge in [0.05, 0.1) is 24.6 Å². The minimum atomic E-state index is -2.81. The molecule has 0 saturated heterocycles. The highest BCUT2D eigenvalue weighted by Gasteiger charge is 2.11. The third-order valence-electron chi connectivity index (χ3n) is 3.68. The van der Waals surface area contributed by atoms with Crippen LogP contribution in [0.15, 0.2) is 46.3 Å². The zero-order valence-corrected chi connectivity index (χ0v) is 17.4. The molecule has 7 nitrogen and oxygen atoms in total. The van der Waals surface area contributed by atoms with Gasteiger partial charge in [-0.15, -0.1) is 0 Å². The van der Waals surface area contributed by atoms with Crippen molar-refractivity contribution in [3.05, 3.63) is 47.0 Å². The van der Waals surface area contributed by atoms with E-state index in [0.717, 1.165) is 26.8 Å². The molecule has 0 bridgehead atoms. The lowest BCUT2D eigenvalue weighted by atomic mass is 10.2. The van der Waals surface area contributed by atoms with Crippen molar-refractivity contribution < 1.29 is 8.95 Å². The van der Waals surface area contributed by atoms with Gasteiger partial charge in [0.25, 0.3) is 0 Å². The maximum Gasteiger partial charge on any atom is 0.137 e. The van der Waals surface area contributed by atoms with Crippen LogP contribution in [-0.4, -0.2) is 31.1 Å². The first-order chi connectivity index (χ1) is 12.7. The van der Waals surface area contributed by atoms with E-state index in [2.05, 4.69) is 42.1 Å². The molecule has 3 rings (SSSR count). The van der Waals surface area contributed by atoms with Crippen molar-refractivity contribution in [1.29, 1.82) is 0 Å². The lowest BCUT2D eigenvalue weighted by Gasteiger charge is -2.14. The fourth-order valence-electron chi connectivity index (χ4n) is 2.45. The largest absolute Gasteiger partial charge is 0.488 e. The van der Waals surface area contributed by atoms with Crippen LogP contribution in [-0.2, 0) is 16.3 Å². The van der Waals surface area contributed by atoms with E-state index in [0.29, 0.717) is 10.6 Å². The molecule has 0 saturated carbocycles. The number of fused-ring (bicyclic) bond motifs is 1. The van der Waals surface area contributed by atoms with Crippen LogP contribution in [0, 0.1) is 0 Å². The van der Waals surface area contributed by atoms with E-state index in [1.54, 1.807) is 12.3 Å². The summed E-state index contributed by atoms with van der Waals surface area (Å²) in [7, 11) is -2.81. The summed E-state index contributed by atoms with van der Waals surface area (Å²) in [5, 5.41) is 9.78. The van der Waals surface area contributed by atoms with Gasteiger partial charge >= 0.3 is 0 Å². The zero-order valence-electron chi connectivity index (χ0n) is 15.0. The van der Waals surface area contributed by atoms with Gasteiger partial charge < -0.3 is 10.1 Å². The molecular weight excluding hydrogens is 430 g/mol. The van der Waals surface area contributed by atoms with Gasteiger partial charge in [-0.25, -0.2) is 14.2 Å². The van der Waals surface area contributed by atoms with E-state index in [-0.39, 0.29) is 12.6 Å². The number of halogens is 1. The average molecular weight is 450 g/mol. The number of rotatable bonds is 6.